The van der Waals surface area contributed by atoms with Crippen LogP contribution in [0.5, 0.6) is 0 Å². The van der Waals surface area contributed by atoms with E-state index in [1.165, 1.54) is 27.9 Å². The van der Waals surface area contributed by atoms with Crippen molar-refractivity contribution in [1.29, 1.82) is 0 Å². The minimum Gasteiger partial charge on any atom is -0.381 e. The van der Waals surface area contributed by atoms with Crippen molar-refractivity contribution in [3.05, 3.63) is 101 Å². The highest BCUT2D eigenvalue weighted by Gasteiger charge is 2.15. The van der Waals surface area contributed by atoms with Gasteiger partial charge in [-0.2, -0.15) is 0 Å². The molecule has 0 amide bonds. The summed E-state index contributed by atoms with van der Waals surface area (Å²) in [7, 11) is 0. The molecule has 1 N–H and O–H groups in total. The molecule has 0 aliphatic rings. The summed E-state index contributed by atoms with van der Waals surface area (Å²) in [5.74, 6) is 0. The first-order valence-corrected chi connectivity index (χ1v) is 9.83. The second-order valence-corrected chi connectivity index (χ2v) is 7.14. The van der Waals surface area contributed by atoms with Crippen LogP contribution in [0.4, 0.5) is 5.69 Å². The van der Waals surface area contributed by atoms with E-state index in [9.17, 15) is 0 Å². The van der Waals surface area contributed by atoms with Gasteiger partial charge in [-0.25, -0.2) is 0 Å². The van der Waals surface area contributed by atoms with Gasteiger partial charge in [-0.05, 0) is 48.7 Å². The Hall–Kier alpha value is -2.58. The van der Waals surface area contributed by atoms with E-state index >= 15 is 0 Å². The van der Waals surface area contributed by atoms with Gasteiger partial charge >= 0.3 is 0 Å². The van der Waals surface area contributed by atoms with Gasteiger partial charge in [-0.15, -0.1) is 0 Å². The lowest BCUT2D eigenvalue weighted by molar-refractivity contribution is 0.213. The first kappa shape index (κ1) is 19.2. The second kappa shape index (κ2) is 9.38. The molecule has 0 saturated heterocycles. The number of benzene rings is 3. The molecule has 140 valence electrons. The molecular weight excluding hydrogens is 328 g/mol. The van der Waals surface area contributed by atoms with E-state index in [1.54, 1.807) is 0 Å². The van der Waals surface area contributed by atoms with Crippen LogP contribution in [0.1, 0.15) is 42.1 Å². The fraction of sp³-hybridized carbons (Fsp3) is 0.280. The highest BCUT2D eigenvalue weighted by molar-refractivity contribution is 5.53. The van der Waals surface area contributed by atoms with Gasteiger partial charge in [0.25, 0.3) is 0 Å². The molecule has 0 spiro atoms. The van der Waals surface area contributed by atoms with Crippen LogP contribution < -0.4 is 5.32 Å². The highest BCUT2D eigenvalue weighted by Crippen LogP contribution is 2.27. The van der Waals surface area contributed by atoms with Gasteiger partial charge in [-0.3, -0.25) is 4.90 Å². The molecule has 0 unspecified atom stereocenters. The fourth-order valence-corrected chi connectivity index (χ4v) is 3.43. The number of anilines is 1. The minimum atomic E-state index is 0.369. The summed E-state index contributed by atoms with van der Waals surface area (Å²) in [6.07, 6.45) is 0. The molecule has 2 heteroatoms. The second-order valence-electron chi connectivity index (χ2n) is 7.14. The third-order valence-corrected chi connectivity index (χ3v) is 5.25. The molecule has 1 atom stereocenters. The normalized spacial score (nSPS) is 12.1. The van der Waals surface area contributed by atoms with Crippen molar-refractivity contribution >= 4 is 5.69 Å². The maximum Gasteiger partial charge on any atom is 0.0400 e. The third-order valence-electron chi connectivity index (χ3n) is 5.25. The lowest BCUT2D eigenvalue weighted by Crippen LogP contribution is -2.26. The fourth-order valence-electron chi connectivity index (χ4n) is 3.43. The molecule has 0 bridgehead atoms. The molecule has 0 fully saturated rings. The highest BCUT2D eigenvalue weighted by atomic mass is 15.1. The molecule has 0 radical (unpaired) electrons. The summed E-state index contributed by atoms with van der Waals surface area (Å²) in [5.41, 5.74) is 6.52. The minimum absolute atomic E-state index is 0.369. The van der Waals surface area contributed by atoms with Crippen molar-refractivity contribution in [3.63, 3.8) is 0 Å². The van der Waals surface area contributed by atoms with E-state index in [-0.39, 0.29) is 0 Å². The monoisotopic (exact) mass is 358 g/mol. The zero-order chi connectivity index (χ0) is 19.1. The Labute approximate surface area is 163 Å². The molecule has 3 aromatic rings. The first-order valence-electron chi connectivity index (χ1n) is 9.83. The molecule has 2 nitrogen and oxygen atoms in total. The average Bonchev–Trinajstić information content (AvgIpc) is 2.72. The molecule has 0 heterocycles. The lowest BCUT2D eigenvalue weighted by atomic mass is 10.0. The van der Waals surface area contributed by atoms with Crippen LogP contribution in [0.15, 0.2) is 78.9 Å². The molecule has 27 heavy (non-hydrogen) atoms. The number of nitrogens with one attached hydrogen (secondary N) is 1. The van der Waals surface area contributed by atoms with Gasteiger partial charge in [0.15, 0.2) is 0 Å². The summed E-state index contributed by atoms with van der Waals surface area (Å²) >= 11 is 0. The topological polar surface area (TPSA) is 15.3 Å². The third kappa shape index (κ3) is 5.21. The number of nitrogens with zero attached hydrogens (tertiary/aromatic N) is 1. The predicted molar refractivity (Wildman–Crippen MR) is 116 cm³/mol. The number of aryl methyl sites for hydroxylation is 1. The Balaban J connectivity index is 1.73. The van der Waals surface area contributed by atoms with Crippen LogP contribution in [0.2, 0.25) is 0 Å². The van der Waals surface area contributed by atoms with E-state index in [4.69, 9.17) is 0 Å². The van der Waals surface area contributed by atoms with E-state index < -0.39 is 0 Å². The van der Waals surface area contributed by atoms with E-state index in [0.717, 1.165) is 19.6 Å². The Bertz CT molecular complexity index is 827. The molecule has 0 aliphatic heterocycles. The van der Waals surface area contributed by atoms with Crippen molar-refractivity contribution in [1.82, 2.24) is 4.90 Å². The Morgan fingerprint density at radius 2 is 1.48 bits per heavy atom. The molecule has 3 aromatic carbocycles. The summed E-state index contributed by atoms with van der Waals surface area (Å²) in [5, 5.41) is 3.61. The lowest BCUT2D eigenvalue weighted by Gasteiger charge is -2.29. The standard InChI is InChI=1S/C25H30N2/c1-4-27(19-23-13-9-6-10-14-23)21(3)24-16-15-20(2)25(17-24)26-18-22-11-7-5-8-12-22/h5-17,21,26H,4,18-19H2,1-3H3/t21-/m0/s1. The van der Waals surface area contributed by atoms with Crippen LogP contribution in [0.3, 0.4) is 0 Å². The summed E-state index contributed by atoms with van der Waals surface area (Å²) in [4.78, 5) is 2.51. The van der Waals surface area contributed by atoms with Gasteiger partial charge in [-0.1, -0.05) is 79.7 Å². The van der Waals surface area contributed by atoms with Gasteiger partial charge in [0, 0.05) is 24.8 Å². The van der Waals surface area contributed by atoms with Crippen molar-refractivity contribution in [2.75, 3.05) is 11.9 Å². The van der Waals surface area contributed by atoms with Crippen LogP contribution >= 0.6 is 0 Å². The van der Waals surface area contributed by atoms with E-state index in [1.807, 2.05) is 0 Å². The van der Waals surface area contributed by atoms with Crippen molar-refractivity contribution in [2.45, 2.75) is 39.9 Å². The van der Waals surface area contributed by atoms with Gasteiger partial charge in [0.05, 0.1) is 0 Å². The Morgan fingerprint density at radius 3 is 2.11 bits per heavy atom. The molecule has 0 aliphatic carbocycles. The zero-order valence-corrected chi connectivity index (χ0v) is 16.7. The molecular formula is C25H30N2. The van der Waals surface area contributed by atoms with Crippen LogP contribution in [0, 0.1) is 6.92 Å². The maximum absolute atomic E-state index is 3.61. The van der Waals surface area contributed by atoms with Gasteiger partial charge in [0.2, 0.25) is 0 Å². The Kier molecular flexibility index (Phi) is 6.67. The van der Waals surface area contributed by atoms with E-state index in [0.29, 0.717) is 6.04 Å². The molecule has 0 saturated carbocycles. The first-order chi connectivity index (χ1) is 13.2. The average molecular weight is 359 g/mol. The largest absolute Gasteiger partial charge is 0.381 e. The van der Waals surface area contributed by atoms with Crippen LogP contribution in [0.25, 0.3) is 0 Å². The van der Waals surface area contributed by atoms with Crippen molar-refractivity contribution in [3.8, 4) is 0 Å². The van der Waals surface area contributed by atoms with Crippen LogP contribution in [-0.4, -0.2) is 11.4 Å². The number of hydrogen-bond donors (Lipinski definition) is 1. The Morgan fingerprint density at radius 1 is 0.852 bits per heavy atom. The quantitative estimate of drug-likeness (QED) is 0.516. The van der Waals surface area contributed by atoms with Crippen molar-refractivity contribution in [2.24, 2.45) is 0 Å². The van der Waals surface area contributed by atoms with Crippen LogP contribution in [-0.2, 0) is 13.1 Å². The number of hydrogen-bond acceptors (Lipinski definition) is 2. The molecule has 0 aromatic heterocycles. The van der Waals surface area contributed by atoms with Gasteiger partial charge in [0.1, 0.15) is 0 Å². The van der Waals surface area contributed by atoms with Crippen molar-refractivity contribution < 1.29 is 0 Å². The molecule has 3 rings (SSSR count). The maximum atomic E-state index is 3.61. The zero-order valence-electron chi connectivity index (χ0n) is 16.7. The summed E-state index contributed by atoms with van der Waals surface area (Å²) in [6.45, 7) is 9.56. The summed E-state index contributed by atoms with van der Waals surface area (Å²) < 4.78 is 0. The summed E-state index contributed by atoms with van der Waals surface area (Å²) in [6, 6.07) is 28.5. The predicted octanol–water partition coefficient (Wildman–Crippen LogP) is 6.19. The number of rotatable bonds is 8. The van der Waals surface area contributed by atoms with Gasteiger partial charge < -0.3 is 5.32 Å². The SMILES string of the molecule is CCN(Cc1ccccc1)[C@@H](C)c1ccc(C)c(NCc2ccccc2)c1. The van der Waals surface area contributed by atoms with E-state index in [2.05, 4.69) is 110 Å². The smallest absolute Gasteiger partial charge is 0.0400 e.